The quantitative estimate of drug-likeness (QED) is 0.503. The van der Waals surface area contributed by atoms with E-state index in [1.807, 2.05) is 0 Å². The standard InChI is InChI=1S/C11H22ClNO/c1-14-9-5-4-8-13-7-3-2-6-11(13)10-12/h11H,2-10H2,1H3. The molecule has 1 fully saturated rings. The molecular formula is C11H22ClNO. The summed E-state index contributed by atoms with van der Waals surface area (Å²) >= 11 is 5.95. The molecule has 0 amide bonds. The lowest BCUT2D eigenvalue weighted by Gasteiger charge is -2.34. The number of piperidine rings is 1. The molecule has 0 radical (unpaired) electrons. The Hall–Kier alpha value is 0.210. The van der Waals surface area contributed by atoms with Crippen molar-refractivity contribution in [2.45, 2.75) is 38.1 Å². The van der Waals surface area contributed by atoms with Gasteiger partial charge in [-0.1, -0.05) is 6.42 Å². The summed E-state index contributed by atoms with van der Waals surface area (Å²) in [5, 5.41) is 0. The van der Waals surface area contributed by atoms with Crippen molar-refractivity contribution >= 4 is 11.6 Å². The fourth-order valence-electron chi connectivity index (χ4n) is 2.09. The lowest BCUT2D eigenvalue weighted by Crippen LogP contribution is -2.41. The van der Waals surface area contributed by atoms with Gasteiger partial charge in [0.1, 0.15) is 0 Å². The third-order valence-electron chi connectivity index (χ3n) is 2.97. The minimum absolute atomic E-state index is 0.632. The number of methoxy groups -OCH3 is 1. The fourth-order valence-corrected chi connectivity index (χ4v) is 2.44. The van der Waals surface area contributed by atoms with Crippen LogP contribution in [0.5, 0.6) is 0 Å². The molecule has 2 nitrogen and oxygen atoms in total. The highest BCUT2D eigenvalue weighted by Crippen LogP contribution is 2.18. The van der Waals surface area contributed by atoms with E-state index < -0.39 is 0 Å². The van der Waals surface area contributed by atoms with Crippen molar-refractivity contribution < 1.29 is 4.74 Å². The molecule has 0 saturated carbocycles. The molecule has 3 heteroatoms. The molecule has 0 N–H and O–H groups in total. The maximum absolute atomic E-state index is 5.95. The van der Waals surface area contributed by atoms with Gasteiger partial charge in [-0.3, -0.25) is 4.90 Å². The molecule has 1 heterocycles. The molecule has 14 heavy (non-hydrogen) atoms. The summed E-state index contributed by atoms with van der Waals surface area (Å²) in [6, 6.07) is 0.632. The molecule has 0 aromatic heterocycles. The molecule has 0 bridgehead atoms. The van der Waals surface area contributed by atoms with Crippen LogP contribution in [0.4, 0.5) is 0 Å². The first-order valence-corrected chi connectivity index (χ1v) is 6.21. The van der Waals surface area contributed by atoms with E-state index in [1.165, 1.54) is 45.2 Å². The number of nitrogens with zero attached hydrogens (tertiary/aromatic N) is 1. The van der Waals surface area contributed by atoms with Gasteiger partial charge in [0.05, 0.1) is 0 Å². The van der Waals surface area contributed by atoms with Crippen molar-refractivity contribution in [2.75, 3.05) is 32.7 Å². The Balaban J connectivity index is 2.13. The van der Waals surface area contributed by atoms with Crippen molar-refractivity contribution in [1.82, 2.24) is 4.90 Å². The van der Waals surface area contributed by atoms with E-state index in [2.05, 4.69) is 4.90 Å². The van der Waals surface area contributed by atoms with Gasteiger partial charge < -0.3 is 4.74 Å². The summed E-state index contributed by atoms with van der Waals surface area (Å²) in [6.07, 6.45) is 6.39. The van der Waals surface area contributed by atoms with E-state index in [1.54, 1.807) is 7.11 Å². The maximum Gasteiger partial charge on any atom is 0.0462 e. The first-order chi connectivity index (χ1) is 6.88. The molecule has 1 rings (SSSR count). The lowest BCUT2D eigenvalue weighted by atomic mass is 10.0. The lowest BCUT2D eigenvalue weighted by molar-refractivity contribution is 0.147. The zero-order valence-electron chi connectivity index (χ0n) is 9.17. The van der Waals surface area contributed by atoms with Gasteiger partial charge in [0.2, 0.25) is 0 Å². The molecule has 84 valence electrons. The van der Waals surface area contributed by atoms with Crippen LogP contribution in [0.25, 0.3) is 0 Å². The molecule has 0 aliphatic carbocycles. The topological polar surface area (TPSA) is 12.5 Å². The third kappa shape index (κ3) is 4.16. The van der Waals surface area contributed by atoms with Crippen molar-refractivity contribution in [3.8, 4) is 0 Å². The molecular weight excluding hydrogens is 198 g/mol. The van der Waals surface area contributed by atoms with Crippen LogP contribution in [0.1, 0.15) is 32.1 Å². The van der Waals surface area contributed by atoms with Gasteiger partial charge in [0, 0.05) is 25.6 Å². The smallest absolute Gasteiger partial charge is 0.0462 e. The number of alkyl halides is 1. The van der Waals surface area contributed by atoms with Gasteiger partial charge in [-0.05, 0) is 38.8 Å². The molecule has 1 aliphatic heterocycles. The highest BCUT2D eigenvalue weighted by Gasteiger charge is 2.20. The Morgan fingerprint density at radius 1 is 1.36 bits per heavy atom. The van der Waals surface area contributed by atoms with Crippen LogP contribution in [-0.4, -0.2) is 43.6 Å². The van der Waals surface area contributed by atoms with Crippen LogP contribution in [0.15, 0.2) is 0 Å². The minimum Gasteiger partial charge on any atom is -0.385 e. The average Bonchev–Trinajstić information content (AvgIpc) is 2.25. The normalized spacial score (nSPS) is 24.0. The summed E-state index contributed by atoms with van der Waals surface area (Å²) in [7, 11) is 1.77. The molecule has 1 atom stereocenters. The number of hydrogen-bond donors (Lipinski definition) is 0. The van der Waals surface area contributed by atoms with Gasteiger partial charge >= 0.3 is 0 Å². The molecule has 1 aliphatic rings. The molecule has 1 saturated heterocycles. The number of hydrogen-bond acceptors (Lipinski definition) is 2. The number of unbranched alkanes of at least 4 members (excludes halogenated alkanes) is 1. The third-order valence-corrected chi connectivity index (χ3v) is 3.33. The van der Waals surface area contributed by atoms with E-state index in [0.29, 0.717) is 6.04 Å². The first-order valence-electron chi connectivity index (χ1n) is 5.67. The Labute approximate surface area is 92.6 Å². The van der Waals surface area contributed by atoms with Gasteiger partial charge in [-0.25, -0.2) is 0 Å². The maximum atomic E-state index is 5.95. The van der Waals surface area contributed by atoms with Crippen LogP contribution in [0.3, 0.4) is 0 Å². The number of halogens is 1. The second-order valence-corrected chi connectivity index (χ2v) is 4.35. The van der Waals surface area contributed by atoms with Crippen molar-refractivity contribution in [3.05, 3.63) is 0 Å². The van der Waals surface area contributed by atoms with Crippen LogP contribution in [-0.2, 0) is 4.74 Å². The van der Waals surface area contributed by atoms with E-state index in [0.717, 1.165) is 12.5 Å². The Morgan fingerprint density at radius 2 is 2.21 bits per heavy atom. The van der Waals surface area contributed by atoms with Gasteiger partial charge in [-0.15, -0.1) is 11.6 Å². The van der Waals surface area contributed by atoms with Crippen molar-refractivity contribution in [2.24, 2.45) is 0 Å². The number of ether oxygens (including phenoxy) is 1. The Bertz CT molecular complexity index is 143. The highest BCUT2D eigenvalue weighted by molar-refractivity contribution is 6.18. The second kappa shape index (κ2) is 7.49. The predicted molar refractivity (Wildman–Crippen MR) is 61.0 cm³/mol. The minimum atomic E-state index is 0.632. The second-order valence-electron chi connectivity index (χ2n) is 4.04. The molecule has 0 aromatic carbocycles. The Morgan fingerprint density at radius 3 is 2.93 bits per heavy atom. The predicted octanol–water partition coefficient (Wildman–Crippen LogP) is 2.51. The van der Waals surface area contributed by atoms with Gasteiger partial charge in [0.15, 0.2) is 0 Å². The largest absolute Gasteiger partial charge is 0.385 e. The molecule has 1 unspecified atom stereocenters. The van der Waals surface area contributed by atoms with E-state index in [4.69, 9.17) is 16.3 Å². The van der Waals surface area contributed by atoms with Crippen LogP contribution in [0.2, 0.25) is 0 Å². The van der Waals surface area contributed by atoms with Crippen LogP contribution < -0.4 is 0 Å². The van der Waals surface area contributed by atoms with Crippen molar-refractivity contribution in [1.29, 1.82) is 0 Å². The highest BCUT2D eigenvalue weighted by atomic mass is 35.5. The monoisotopic (exact) mass is 219 g/mol. The van der Waals surface area contributed by atoms with Gasteiger partial charge in [0.25, 0.3) is 0 Å². The average molecular weight is 220 g/mol. The summed E-state index contributed by atoms with van der Waals surface area (Å²) in [5.41, 5.74) is 0. The van der Waals surface area contributed by atoms with E-state index >= 15 is 0 Å². The number of rotatable bonds is 6. The zero-order valence-corrected chi connectivity index (χ0v) is 9.93. The van der Waals surface area contributed by atoms with Crippen molar-refractivity contribution in [3.63, 3.8) is 0 Å². The molecule has 0 aromatic rings. The summed E-state index contributed by atoms with van der Waals surface area (Å²) < 4.78 is 5.04. The SMILES string of the molecule is COCCCCN1CCCCC1CCl. The molecule has 0 spiro atoms. The summed E-state index contributed by atoms with van der Waals surface area (Å²) in [4.78, 5) is 2.55. The van der Waals surface area contributed by atoms with Crippen LogP contribution >= 0.6 is 11.6 Å². The summed E-state index contributed by atoms with van der Waals surface area (Å²) in [6.45, 7) is 3.32. The number of likely N-dealkylation sites (tertiary alicyclic amines) is 1. The fraction of sp³-hybridized carbons (Fsp3) is 1.00. The van der Waals surface area contributed by atoms with Gasteiger partial charge in [-0.2, -0.15) is 0 Å². The Kier molecular flexibility index (Phi) is 6.57. The van der Waals surface area contributed by atoms with E-state index in [-0.39, 0.29) is 0 Å². The first kappa shape index (κ1) is 12.3. The van der Waals surface area contributed by atoms with E-state index in [9.17, 15) is 0 Å². The zero-order chi connectivity index (χ0) is 10.2. The van der Waals surface area contributed by atoms with Crippen LogP contribution in [0, 0.1) is 0 Å². The summed E-state index contributed by atoms with van der Waals surface area (Å²) in [5.74, 6) is 0.796.